The fraction of sp³-hybridized carbons (Fsp3) is 0.176. The first-order valence-electron chi connectivity index (χ1n) is 6.78. The summed E-state index contributed by atoms with van der Waals surface area (Å²) in [6.45, 7) is 1.93. The Bertz CT molecular complexity index is 769. The van der Waals surface area contributed by atoms with E-state index < -0.39 is 5.97 Å². The molecule has 0 unspecified atom stereocenters. The average Bonchev–Trinajstić information content (AvgIpc) is 2.86. The molecular weight excluding hydrogens is 300 g/mol. The van der Waals surface area contributed by atoms with Crippen LogP contribution in [0.5, 0.6) is 0 Å². The molecule has 1 aromatic heterocycles. The van der Waals surface area contributed by atoms with E-state index in [0.717, 1.165) is 17.0 Å². The lowest BCUT2D eigenvalue weighted by Crippen LogP contribution is -2.06. The number of halogens is 1. The molecule has 0 aliphatic carbocycles. The van der Waals surface area contributed by atoms with Gasteiger partial charge in [-0.3, -0.25) is 0 Å². The fourth-order valence-electron chi connectivity index (χ4n) is 2.10. The number of esters is 1. The first kappa shape index (κ1) is 15.9. The number of carbonyl (C=O) groups excluding carboxylic acids is 1. The van der Waals surface area contributed by atoms with E-state index in [1.54, 1.807) is 6.92 Å². The van der Waals surface area contributed by atoms with Gasteiger partial charge in [0, 0.05) is 29.0 Å². The van der Waals surface area contributed by atoms with Crippen molar-refractivity contribution in [1.29, 1.82) is 5.26 Å². The Labute approximate surface area is 134 Å². The summed E-state index contributed by atoms with van der Waals surface area (Å²) in [5, 5.41) is 9.74. The molecule has 0 radical (unpaired) electrons. The third-order valence-electron chi connectivity index (χ3n) is 3.22. The first-order chi connectivity index (χ1) is 10.6. The van der Waals surface area contributed by atoms with Gasteiger partial charge in [-0.05, 0) is 31.2 Å². The van der Waals surface area contributed by atoms with Gasteiger partial charge in [0.1, 0.15) is 11.6 Å². The average molecular weight is 315 g/mol. The molecule has 5 heteroatoms. The topological polar surface area (TPSA) is 55.0 Å². The summed E-state index contributed by atoms with van der Waals surface area (Å²) >= 11 is 6.21. The highest BCUT2D eigenvalue weighted by molar-refractivity contribution is 6.33. The van der Waals surface area contributed by atoms with Crippen molar-refractivity contribution in [2.75, 3.05) is 6.61 Å². The van der Waals surface area contributed by atoms with Crippen molar-refractivity contribution >= 4 is 23.6 Å². The van der Waals surface area contributed by atoms with E-state index in [0.29, 0.717) is 5.02 Å². The van der Waals surface area contributed by atoms with Crippen LogP contribution in [-0.2, 0) is 16.6 Å². The molecule has 0 amide bonds. The second kappa shape index (κ2) is 6.97. The zero-order valence-corrected chi connectivity index (χ0v) is 13.1. The molecule has 1 aromatic carbocycles. The maximum atomic E-state index is 11.7. The van der Waals surface area contributed by atoms with E-state index in [1.807, 2.05) is 54.1 Å². The highest BCUT2D eigenvalue weighted by Crippen LogP contribution is 2.29. The van der Waals surface area contributed by atoms with Crippen molar-refractivity contribution in [3.05, 3.63) is 52.7 Å². The van der Waals surface area contributed by atoms with E-state index in [-0.39, 0.29) is 12.2 Å². The summed E-state index contributed by atoms with van der Waals surface area (Å²) in [6.07, 6.45) is 1.51. The van der Waals surface area contributed by atoms with Gasteiger partial charge in [0.25, 0.3) is 0 Å². The number of ether oxygens (including phenoxy) is 1. The molecule has 4 nitrogen and oxygen atoms in total. The molecule has 0 saturated heterocycles. The molecule has 2 rings (SSSR count). The van der Waals surface area contributed by atoms with Crippen LogP contribution in [0.25, 0.3) is 17.3 Å². The van der Waals surface area contributed by atoms with Crippen molar-refractivity contribution in [2.24, 2.45) is 7.05 Å². The SMILES string of the molecule is CCOC(=O)/C(C#N)=C/c1ccc(-c2ccccc2Cl)n1C. The summed E-state index contributed by atoms with van der Waals surface area (Å²) in [4.78, 5) is 11.7. The monoisotopic (exact) mass is 314 g/mol. The molecular formula is C17H15ClN2O2. The van der Waals surface area contributed by atoms with Crippen molar-refractivity contribution in [3.8, 4) is 17.3 Å². The number of hydrogen-bond donors (Lipinski definition) is 0. The highest BCUT2D eigenvalue weighted by Gasteiger charge is 2.13. The number of benzene rings is 1. The number of nitrogens with zero attached hydrogens (tertiary/aromatic N) is 2. The standard InChI is InChI=1S/C17H15ClN2O2/c1-3-22-17(21)12(11-19)10-13-8-9-16(20(13)2)14-6-4-5-7-15(14)18/h4-10H,3H2,1-2H3/b12-10+. The van der Waals surface area contributed by atoms with Crippen LogP contribution in [0.15, 0.2) is 42.0 Å². The molecule has 0 fully saturated rings. The van der Waals surface area contributed by atoms with Gasteiger partial charge < -0.3 is 9.30 Å². The van der Waals surface area contributed by atoms with Gasteiger partial charge in [0.15, 0.2) is 0 Å². The molecule has 0 saturated carbocycles. The lowest BCUT2D eigenvalue weighted by atomic mass is 10.1. The second-order valence-electron chi connectivity index (χ2n) is 4.57. The molecule has 1 heterocycles. The predicted molar refractivity (Wildman–Crippen MR) is 86.1 cm³/mol. The van der Waals surface area contributed by atoms with Crippen LogP contribution < -0.4 is 0 Å². The zero-order valence-electron chi connectivity index (χ0n) is 12.3. The third kappa shape index (κ3) is 3.21. The smallest absolute Gasteiger partial charge is 0.348 e. The minimum Gasteiger partial charge on any atom is -0.462 e. The Balaban J connectivity index is 2.42. The molecule has 0 aliphatic rings. The highest BCUT2D eigenvalue weighted by atomic mass is 35.5. The Morgan fingerprint density at radius 2 is 2.09 bits per heavy atom. The quantitative estimate of drug-likeness (QED) is 0.490. The van der Waals surface area contributed by atoms with Gasteiger partial charge in [-0.2, -0.15) is 5.26 Å². The molecule has 112 valence electrons. The lowest BCUT2D eigenvalue weighted by Gasteiger charge is -2.07. The van der Waals surface area contributed by atoms with E-state index in [4.69, 9.17) is 21.6 Å². The zero-order chi connectivity index (χ0) is 16.1. The van der Waals surface area contributed by atoms with Gasteiger partial charge in [0.2, 0.25) is 0 Å². The van der Waals surface area contributed by atoms with E-state index in [9.17, 15) is 4.79 Å². The number of carbonyl (C=O) groups is 1. The van der Waals surface area contributed by atoms with Crippen molar-refractivity contribution in [2.45, 2.75) is 6.92 Å². The summed E-state index contributed by atoms with van der Waals surface area (Å²) in [5.74, 6) is -0.620. The molecule has 0 spiro atoms. The predicted octanol–water partition coefficient (Wildman–Crippen LogP) is 3.82. The van der Waals surface area contributed by atoms with E-state index in [2.05, 4.69) is 0 Å². The summed E-state index contributed by atoms with van der Waals surface area (Å²) in [7, 11) is 1.85. The number of hydrogen-bond acceptors (Lipinski definition) is 3. The van der Waals surface area contributed by atoms with Gasteiger partial charge in [-0.15, -0.1) is 0 Å². The van der Waals surface area contributed by atoms with Crippen LogP contribution in [0.1, 0.15) is 12.6 Å². The van der Waals surface area contributed by atoms with E-state index in [1.165, 1.54) is 6.08 Å². The molecule has 2 aromatic rings. The maximum absolute atomic E-state index is 11.7. The summed E-state index contributed by atoms with van der Waals surface area (Å²) in [5.41, 5.74) is 2.48. The van der Waals surface area contributed by atoms with Crippen LogP contribution in [0.2, 0.25) is 5.02 Å². The Kier molecular flexibility index (Phi) is 5.03. The van der Waals surface area contributed by atoms with Crippen molar-refractivity contribution < 1.29 is 9.53 Å². The Morgan fingerprint density at radius 1 is 1.36 bits per heavy atom. The Hall–Kier alpha value is -2.51. The van der Waals surface area contributed by atoms with Crippen LogP contribution in [0, 0.1) is 11.3 Å². The summed E-state index contributed by atoms with van der Waals surface area (Å²) in [6, 6.07) is 13.1. The van der Waals surface area contributed by atoms with E-state index >= 15 is 0 Å². The van der Waals surface area contributed by atoms with Crippen molar-refractivity contribution in [1.82, 2.24) is 4.57 Å². The van der Waals surface area contributed by atoms with Crippen molar-refractivity contribution in [3.63, 3.8) is 0 Å². The van der Waals surface area contributed by atoms with Gasteiger partial charge >= 0.3 is 5.97 Å². The molecule has 0 aliphatic heterocycles. The summed E-state index contributed by atoms with van der Waals surface area (Å²) < 4.78 is 6.73. The fourth-order valence-corrected chi connectivity index (χ4v) is 2.34. The van der Waals surface area contributed by atoms with Gasteiger partial charge in [0.05, 0.1) is 6.61 Å². The minimum atomic E-state index is -0.620. The first-order valence-corrected chi connectivity index (χ1v) is 7.15. The lowest BCUT2D eigenvalue weighted by molar-refractivity contribution is -0.137. The number of aromatic nitrogens is 1. The number of rotatable bonds is 4. The largest absolute Gasteiger partial charge is 0.462 e. The third-order valence-corrected chi connectivity index (χ3v) is 3.55. The van der Waals surface area contributed by atoms with Crippen LogP contribution in [0.3, 0.4) is 0 Å². The molecule has 0 N–H and O–H groups in total. The molecule has 0 atom stereocenters. The number of nitriles is 1. The Morgan fingerprint density at radius 3 is 2.73 bits per heavy atom. The maximum Gasteiger partial charge on any atom is 0.348 e. The second-order valence-corrected chi connectivity index (χ2v) is 4.98. The van der Waals surface area contributed by atoms with Crippen LogP contribution >= 0.6 is 11.6 Å². The molecule has 0 bridgehead atoms. The van der Waals surface area contributed by atoms with Gasteiger partial charge in [-0.1, -0.05) is 29.8 Å². The minimum absolute atomic E-state index is 0.0336. The van der Waals surface area contributed by atoms with Gasteiger partial charge in [-0.25, -0.2) is 4.79 Å². The molecule has 22 heavy (non-hydrogen) atoms. The van der Waals surface area contributed by atoms with Crippen LogP contribution in [0.4, 0.5) is 0 Å². The van der Waals surface area contributed by atoms with Crippen LogP contribution in [-0.4, -0.2) is 17.1 Å². The normalized spacial score (nSPS) is 11.1.